The maximum Gasteiger partial charge on any atom is 0.328 e. The van der Waals surface area contributed by atoms with Crippen LogP contribution in [-0.2, 0) is 14.1 Å². The highest BCUT2D eigenvalue weighted by atomic mass is 16.1. The molecule has 0 unspecified atom stereocenters. The molecular weight excluding hydrogens is 168 g/mol. The molecule has 0 aliphatic carbocycles. The van der Waals surface area contributed by atoms with Crippen LogP contribution in [0.15, 0.2) is 17.1 Å². The number of nitrogens with zero attached hydrogens (tertiary/aromatic N) is 2. The summed E-state index contributed by atoms with van der Waals surface area (Å²) in [5, 5.41) is 0. The molecule has 5 nitrogen and oxygen atoms in total. The molecule has 0 radical (unpaired) electrons. The van der Waals surface area contributed by atoms with Crippen molar-refractivity contribution < 1.29 is 4.98 Å². The van der Waals surface area contributed by atoms with Gasteiger partial charge < -0.3 is 0 Å². The first-order valence-electron chi connectivity index (χ1n) is 3.94. The molecule has 0 saturated carbocycles. The van der Waals surface area contributed by atoms with Crippen LogP contribution >= 0.6 is 0 Å². The number of rotatable bonds is 0. The third kappa shape index (κ3) is 0.867. The number of hydrogen-bond donors (Lipinski definition) is 1. The molecule has 0 aliphatic rings. The molecule has 2 heterocycles. The van der Waals surface area contributed by atoms with Crippen LogP contribution in [0.4, 0.5) is 5.82 Å². The van der Waals surface area contributed by atoms with Crippen molar-refractivity contribution in [3.63, 3.8) is 0 Å². The van der Waals surface area contributed by atoms with Crippen molar-refractivity contribution >= 4 is 16.9 Å². The van der Waals surface area contributed by atoms with E-state index >= 15 is 0 Å². The summed E-state index contributed by atoms with van der Waals surface area (Å²) in [6.45, 7) is 0. The summed E-state index contributed by atoms with van der Waals surface area (Å²) >= 11 is 0. The molecule has 0 bridgehead atoms. The van der Waals surface area contributed by atoms with E-state index in [0.717, 1.165) is 11.0 Å². The number of aromatic amines is 1. The number of anilines is 1. The molecule has 5 heteroatoms. The zero-order chi connectivity index (χ0) is 9.59. The summed E-state index contributed by atoms with van der Waals surface area (Å²) in [5.74, 6) is 0.512. The SMILES string of the molecule is Cn1c(=O)n(C)c2c(N)[nH+]ccc21. The van der Waals surface area contributed by atoms with Gasteiger partial charge in [-0.25, -0.2) is 9.78 Å². The lowest BCUT2D eigenvalue weighted by Gasteiger charge is -1.92. The number of nitrogens with two attached hydrogens (primary N) is 1. The average molecular weight is 179 g/mol. The van der Waals surface area contributed by atoms with Gasteiger partial charge in [0, 0.05) is 20.2 Å². The Morgan fingerprint density at radius 3 is 2.69 bits per heavy atom. The molecule has 0 amide bonds. The van der Waals surface area contributed by atoms with Gasteiger partial charge in [-0.15, -0.1) is 0 Å². The van der Waals surface area contributed by atoms with E-state index in [1.807, 2.05) is 6.07 Å². The third-order valence-corrected chi connectivity index (χ3v) is 2.25. The number of aromatic nitrogens is 3. The average Bonchev–Trinajstić information content (AvgIpc) is 2.33. The van der Waals surface area contributed by atoms with Crippen molar-refractivity contribution in [3.05, 3.63) is 22.7 Å². The van der Waals surface area contributed by atoms with Gasteiger partial charge >= 0.3 is 5.69 Å². The molecule has 0 aliphatic heterocycles. The Labute approximate surface area is 74.4 Å². The fourth-order valence-corrected chi connectivity index (χ4v) is 1.54. The molecule has 2 aromatic heterocycles. The molecule has 2 aromatic rings. The second kappa shape index (κ2) is 2.35. The van der Waals surface area contributed by atoms with E-state index in [2.05, 4.69) is 4.98 Å². The first-order valence-corrected chi connectivity index (χ1v) is 3.94. The Kier molecular flexibility index (Phi) is 1.42. The maximum atomic E-state index is 11.5. The highest BCUT2D eigenvalue weighted by Crippen LogP contribution is 2.12. The Morgan fingerprint density at radius 1 is 1.38 bits per heavy atom. The number of nitrogens with one attached hydrogen (secondary N) is 1. The minimum absolute atomic E-state index is 0.0682. The largest absolute Gasteiger partial charge is 0.328 e. The van der Waals surface area contributed by atoms with Crippen molar-refractivity contribution in [1.29, 1.82) is 0 Å². The van der Waals surface area contributed by atoms with E-state index in [1.165, 1.54) is 4.57 Å². The number of H-pyrrole nitrogens is 1. The first-order chi connectivity index (χ1) is 6.13. The predicted molar refractivity (Wildman–Crippen MR) is 49.1 cm³/mol. The van der Waals surface area contributed by atoms with Gasteiger partial charge in [0.2, 0.25) is 0 Å². The van der Waals surface area contributed by atoms with Crippen LogP contribution in [0, 0.1) is 0 Å². The molecule has 0 spiro atoms. The molecule has 0 fully saturated rings. The summed E-state index contributed by atoms with van der Waals surface area (Å²) in [6, 6.07) is 1.83. The highest BCUT2D eigenvalue weighted by Gasteiger charge is 2.12. The van der Waals surface area contributed by atoms with Crippen LogP contribution in [0.2, 0.25) is 0 Å². The van der Waals surface area contributed by atoms with Gasteiger partial charge in [0.25, 0.3) is 5.82 Å². The van der Waals surface area contributed by atoms with Gasteiger partial charge in [-0.1, -0.05) is 0 Å². The lowest BCUT2D eigenvalue weighted by atomic mass is 10.4. The van der Waals surface area contributed by atoms with Gasteiger partial charge in [-0.3, -0.25) is 14.9 Å². The van der Waals surface area contributed by atoms with E-state index < -0.39 is 0 Å². The number of fused-ring (bicyclic) bond motifs is 1. The zero-order valence-electron chi connectivity index (χ0n) is 7.53. The quantitative estimate of drug-likeness (QED) is 0.579. The van der Waals surface area contributed by atoms with E-state index in [0.29, 0.717) is 5.82 Å². The van der Waals surface area contributed by atoms with Gasteiger partial charge in [-0.2, -0.15) is 0 Å². The minimum atomic E-state index is -0.0682. The Balaban J connectivity index is 3.12. The Hall–Kier alpha value is -1.78. The fraction of sp³-hybridized carbons (Fsp3) is 0.250. The number of imidazole rings is 1. The molecule has 3 N–H and O–H groups in total. The number of hydrogen-bond acceptors (Lipinski definition) is 2. The Morgan fingerprint density at radius 2 is 2.08 bits per heavy atom. The molecule has 2 rings (SSSR count). The minimum Gasteiger partial charge on any atom is -0.295 e. The monoisotopic (exact) mass is 179 g/mol. The lowest BCUT2D eigenvalue weighted by Crippen LogP contribution is -2.19. The first kappa shape index (κ1) is 7.85. The maximum absolute atomic E-state index is 11.5. The van der Waals surface area contributed by atoms with Crippen LogP contribution in [0.3, 0.4) is 0 Å². The van der Waals surface area contributed by atoms with E-state index in [9.17, 15) is 4.79 Å². The van der Waals surface area contributed by atoms with Gasteiger partial charge in [-0.05, 0) is 0 Å². The predicted octanol–water partition coefficient (Wildman–Crippen LogP) is -0.727. The highest BCUT2D eigenvalue weighted by molar-refractivity contribution is 5.83. The fourth-order valence-electron chi connectivity index (χ4n) is 1.54. The number of aryl methyl sites for hydroxylation is 2. The van der Waals surface area contributed by atoms with Crippen LogP contribution in [0.5, 0.6) is 0 Å². The van der Waals surface area contributed by atoms with Crippen LogP contribution in [0.25, 0.3) is 11.0 Å². The smallest absolute Gasteiger partial charge is 0.295 e. The third-order valence-electron chi connectivity index (χ3n) is 2.25. The van der Waals surface area contributed by atoms with Crippen molar-refractivity contribution in [2.24, 2.45) is 14.1 Å². The normalized spacial score (nSPS) is 10.9. The lowest BCUT2D eigenvalue weighted by molar-refractivity contribution is -0.358. The van der Waals surface area contributed by atoms with Crippen molar-refractivity contribution in [3.8, 4) is 0 Å². The van der Waals surface area contributed by atoms with Gasteiger partial charge in [0.15, 0.2) is 5.52 Å². The second-order valence-electron chi connectivity index (χ2n) is 3.03. The van der Waals surface area contributed by atoms with Crippen LogP contribution in [-0.4, -0.2) is 9.13 Å². The van der Waals surface area contributed by atoms with Gasteiger partial charge in [0.1, 0.15) is 0 Å². The summed E-state index contributed by atoms with van der Waals surface area (Å²) in [6.07, 6.45) is 1.72. The van der Waals surface area contributed by atoms with E-state index in [1.54, 1.807) is 24.9 Å². The van der Waals surface area contributed by atoms with Crippen molar-refractivity contribution in [2.75, 3.05) is 5.73 Å². The number of nitrogen functional groups attached to an aromatic ring is 1. The Bertz CT molecular complexity index is 523. The summed E-state index contributed by atoms with van der Waals surface area (Å²) in [5.41, 5.74) is 7.22. The second-order valence-corrected chi connectivity index (χ2v) is 3.03. The summed E-state index contributed by atoms with van der Waals surface area (Å²) in [4.78, 5) is 14.4. The molecule has 0 atom stereocenters. The van der Waals surface area contributed by atoms with E-state index in [4.69, 9.17) is 5.73 Å². The summed E-state index contributed by atoms with van der Waals surface area (Å²) in [7, 11) is 3.43. The standard InChI is InChI=1S/C8H10N4O/c1-11-5-3-4-10-7(9)6(5)12(2)8(11)13/h3-4H,1-2H3,(H2,9,10)/p+1. The molecule has 0 saturated heterocycles. The van der Waals surface area contributed by atoms with Gasteiger partial charge in [0.05, 0.1) is 11.7 Å². The molecule has 0 aromatic carbocycles. The van der Waals surface area contributed by atoms with E-state index in [-0.39, 0.29) is 5.69 Å². The number of pyridine rings is 1. The van der Waals surface area contributed by atoms with Crippen LogP contribution < -0.4 is 16.4 Å². The van der Waals surface area contributed by atoms with Crippen molar-refractivity contribution in [1.82, 2.24) is 9.13 Å². The zero-order valence-corrected chi connectivity index (χ0v) is 7.53. The summed E-state index contributed by atoms with van der Waals surface area (Å²) < 4.78 is 3.10. The molecular formula is C8H11N4O+. The van der Waals surface area contributed by atoms with Crippen LogP contribution in [0.1, 0.15) is 0 Å². The topological polar surface area (TPSA) is 67.1 Å². The molecule has 13 heavy (non-hydrogen) atoms. The van der Waals surface area contributed by atoms with Crippen molar-refractivity contribution in [2.45, 2.75) is 0 Å². The molecule has 68 valence electrons.